The zero-order valence-electron chi connectivity index (χ0n) is 13.6. The molecule has 1 aromatic rings. The number of aliphatic hydroxyl groups is 2. The summed E-state index contributed by atoms with van der Waals surface area (Å²) in [6.07, 6.45) is 0.0898. The van der Waals surface area contributed by atoms with Crippen molar-refractivity contribution in [2.75, 3.05) is 44.4 Å². The Morgan fingerprint density at radius 3 is 2.71 bits per heavy atom. The van der Waals surface area contributed by atoms with E-state index < -0.39 is 5.92 Å². The maximum absolute atomic E-state index is 12.5. The Kier molecular flexibility index (Phi) is 7.03. The molecule has 1 aliphatic heterocycles. The van der Waals surface area contributed by atoms with Gasteiger partial charge in [-0.3, -0.25) is 14.5 Å². The van der Waals surface area contributed by atoms with Crippen LogP contribution in [0.5, 0.6) is 0 Å². The van der Waals surface area contributed by atoms with Crippen LogP contribution in [-0.2, 0) is 20.9 Å². The molecule has 1 atom stereocenters. The first-order valence-electron chi connectivity index (χ1n) is 7.81. The first-order valence-corrected chi connectivity index (χ1v) is 8.63. The average molecular weight is 358 g/mol. The largest absolute Gasteiger partial charge is 0.395 e. The Hall–Kier alpha value is -1.62. The van der Waals surface area contributed by atoms with Crippen LogP contribution >= 0.6 is 11.3 Å². The molecule has 1 aliphatic rings. The van der Waals surface area contributed by atoms with Crippen LogP contribution in [0.15, 0.2) is 0 Å². The molecule has 1 unspecified atom stereocenters. The van der Waals surface area contributed by atoms with Crippen LogP contribution in [0.1, 0.15) is 18.4 Å². The third kappa shape index (κ3) is 4.47. The second-order valence-electron chi connectivity index (χ2n) is 5.29. The Morgan fingerprint density at radius 1 is 1.38 bits per heavy atom. The lowest BCUT2D eigenvalue weighted by atomic mass is 10.1. The predicted octanol–water partition coefficient (Wildman–Crippen LogP) is -0.759. The molecular formula is C14H22N4O5S. The van der Waals surface area contributed by atoms with E-state index in [1.54, 1.807) is 0 Å². The predicted molar refractivity (Wildman–Crippen MR) is 86.5 cm³/mol. The summed E-state index contributed by atoms with van der Waals surface area (Å²) in [7, 11) is 0. The fourth-order valence-corrected chi connectivity index (χ4v) is 3.29. The SMILES string of the molecule is CCOCc1nnc(N2CC(C(=O)N(CCO)CCO)CC2=O)s1. The van der Waals surface area contributed by atoms with E-state index in [-0.39, 0.29) is 51.1 Å². The van der Waals surface area contributed by atoms with Gasteiger partial charge in [0.15, 0.2) is 0 Å². The summed E-state index contributed by atoms with van der Waals surface area (Å²) in [4.78, 5) is 27.5. The van der Waals surface area contributed by atoms with Gasteiger partial charge in [0.1, 0.15) is 11.6 Å². The second kappa shape index (κ2) is 9.02. The quantitative estimate of drug-likeness (QED) is 0.596. The van der Waals surface area contributed by atoms with Crippen molar-refractivity contribution in [1.82, 2.24) is 15.1 Å². The van der Waals surface area contributed by atoms with Gasteiger partial charge in [0.05, 0.1) is 19.1 Å². The highest BCUT2D eigenvalue weighted by Gasteiger charge is 2.38. The molecule has 0 radical (unpaired) electrons. The van der Waals surface area contributed by atoms with Gasteiger partial charge in [0.25, 0.3) is 0 Å². The summed E-state index contributed by atoms with van der Waals surface area (Å²) in [5.74, 6) is -0.928. The first kappa shape index (κ1) is 18.7. The fourth-order valence-electron chi connectivity index (χ4n) is 2.49. The molecule has 0 aliphatic carbocycles. The Labute approximate surface area is 143 Å². The lowest BCUT2D eigenvalue weighted by molar-refractivity contribution is -0.136. The van der Waals surface area contributed by atoms with Crippen molar-refractivity contribution >= 4 is 28.3 Å². The minimum Gasteiger partial charge on any atom is -0.395 e. The topological polar surface area (TPSA) is 116 Å². The smallest absolute Gasteiger partial charge is 0.229 e. The van der Waals surface area contributed by atoms with Gasteiger partial charge in [-0.2, -0.15) is 0 Å². The summed E-state index contributed by atoms with van der Waals surface area (Å²) in [6, 6.07) is 0. The summed E-state index contributed by atoms with van der Waals surface area (Å²) < 4.78 is 5.26. The zero-order valence-corrected chi connectivity index (χ0v) is 14.4. The van der Waals surface area contributed by atoms with Gasteiger partial charge in [0, 0.05) is 32.7 Å². The number of amides is 2. The van der Waals surface area contributed by atoms with E-state index in [0.29, 0.717) is 23.4 Å². The zero-order chi connectivity index (χ0) is 17.5. The van der Waals surface area contributed by atoms with E-state index in [1.165, 1.54) is 21.1 Å². The molecule has 2 heterocycles. The van der Waals surface area contributed by atoms with Gasteiger partial charge < -0.3 is 19.8 Å². The minimum absolute atomic E-state index is 0.0898. The monoisotopic (exact) mass is 358 g/mol. The number of carbonyl (C=O) groups excluding carboxylic acids is 2. The molecule has 0 aromatic carbocycles. The van der Waals surface area contributed by atoms with Crippen molar-refractivity contribution in [2.45, 2.75) is 20.0 Å². The summed E-state index contributed by atoms with van der Waals surface area (Å²) in [6.45, 7) is 2.93. The number of carbonyl (C=O) groups is 2. The molecule has 2 N–H and O–H groups in total. The van der Waals surface area contributed by atoms with Crippen LogP contribution in [0.25, 0.3) is 0 Å². The molecule has 1 fully saturated rings. The molecular weight excluding hydrogens is 336 g/mol. The normalized spacial score (nSPS) is 17.5. The van der Waals surface area contributed by atoms with Crippen LogP contribution in [0.2, 0.25) is 0 Å². The number of aromatic nitrogens is 2. The average Bonchev–Trinajstić information content (AvgIpc) is 3.18. The van der Waals surface area contributed by atoms with E-state index in [9.17, 15) is 9.59 Å². The highest BCUT2D eigenvalue weighted by molar-refractivity contribution is 7.15. The van der Waals surface area contributed by atoms with Crippen LogP contribution < -0.4 is 4.90 Å². The third-order valence-electron chi connectivity index (χ3n) is 3.64. The summed E-state index contributed by atoms with van der Waals surface area (Å²) in [5.41, 5.74) is 0. The minimum atomic E-state index is -0.505. The van der Waals surface area contributed by atoms with Gasteiger partial charge >= 0.3 is 0 Å². The maximum atomic E-state index is 12.5. The highest BCUT2D eigenvalue weighted by atomic mass is 32.1. The summed E-state index contributed by atoms with van der Waals surface area (Å²) >= 11 is 1.27. The van der Waals surface area contributed by atoms with Crippen LogP contribution in [0.3, 0.4) is 0 Å². The molecule has 134 valence electrons. The Balaban J connectivity index is 2.01. The molecule has 0 bridgehead atoms. The standard InChI is InChI=1S/C14H22N4O5S/c1-2-23-9-11-15-16-14(24-11)18-8-10(7-12(18)21)13(22)17(3-5-19)4-6-20/h10,19-20H,2-9H2,1H3. The number of ether oxygens (including phenoxy) is 1. The third-order valence-corrected chi connectivity index (χ3v) is 4.56. The molecule has 24 heavy (non-hydrogen) atoms. The maximum Gasteiger partial charge on any atom is 0.229 e. The molecule has 1 aromatic heterocycles. The van der Waals surface area contributed by atoms with Gasteiger partial charge in [-0.1, -0.05) is 11.3 Å². The lowest BCUT2D eigenvalue weighted by Gasteiger charge is -2.23. The molecule has 2 amide bonds. The molecule has 0 saturated carbocycles. The van der Waals surface area contributed by atoms with Gasteiger partial charge in [-0.15, -0.1) is 10.2 Å². The van der Waals surface area contributed by atoms with Crippen molar-refractivity contribution in [2.24, 2.45) is 5.92 Å². The van der Waals surface area contributed by atoms with Crippen molar-refractivity contribution in [3.05, 3.63) is 5.01 Å². The fraction of sp³-hybridized carbons (Fsp3) is 0.714. The number of rotatable bonds is 9. The van der Waals surface area contributed by atoms with E-state index in [0.717, 1.165) is 0 Å². The highest BCUT2D eigenvalue weighted by Crippen LogP contribution is 2.29. The Morgan fingerprint density at radius 2 is 2.08 bits per heavy atom. The van der Waals surface area contributed by atoms with Crippen molar-refractivity contribution in [3.8, 4) is 0 Å². The van der Waals surface area contributed by atoms with Gasteiger partial charge in [-0.05, 0) is 6.92 Å². The lowest BCUT2D eigenvalue weighted by Crippen LogP contribution is -2.40. The molecule has 9 nitrogen and oxygen atoms in total. The molecule has 10 heteroatoms. The molecule has 0 spiro atoms. The van der Waals surface area contributed by atoms with Crippen molar-refractivity contribution in [3.63, 3.8) is 0 Å². The number of aliphatic hydroxyl groups excluding tert-OH is 2. The van der Waals surface area contributed by atoms with Crippen LogP contribution in [0, 0.1) is 5.92 Å². The Bertz CT molecular complexity index is 561. The van der Waals surface area contributed by atoms with Crippen LogP contribution in [0.4, 0.5) is 5.13 Å². The number of anilines is 1. The molecule has 1 saturated heterocycles. The molecule has 2 rings (SSSR count). The van der Waals surface area contributed by atoms with Crippen molar-refractivity contribution < 1.29 is 24.5 Å². The van der Waals surface area contributed by atoms with Gasteiger partial charge in [-0.25, -0.2) is 0 Å². The van der Waals surface area contributed by atoms with E-state index in [2.05, 4.69) is 10.2 Å². The van der Waals surface area contributed by atoms with Gasteiger partial charge in [0.2, 0.25) is 16.9 Å². The summed E-state index contributed by atoms with van der Waals surface area (Å²) in [5, 5.41) is 27.2. The van der Waals surface area contributed by atoms with E-state index >= 15 is 0 Å². The number of hydrogen-bond acceptors (Lipinski definition) is 8. The van der Waals surface area contributed by atoms with Crippen molar-refractivity contribution in [1.29, 1.82) is 0 Å². The first-order chi connectivity index (χ1) is 11.6. The number of nitrogens with zero attached hydrogens (tertiary/aromatic N) is 4. The van der Waals surface area contributed by atoms with E-state index in [1.807, 2.05) is 6.92 Å². The van der Waals surface area contributed by atoms with E-state index in [4.69, 9.17) is 14.9 Å². The second-order valence-corrected chi connectivity index (χ2v) is 6.33. The number of hydrogen-bond donors (Lipinski definition) is 2. The van der Waals surface area contributed by atoms with Crippen LogP contribution in [-0.4, -0.2) is 76.6 Å².